The number of hydrogen-bond acceptors (Lipinski definition) is 2. The Kier molecular flexibility index (Phi) is 8.62. The molecule has 14 rings (SSSR count). The van der Waals surface area contributed by atoms with Gasteiger partial charge in [0.05, 0.1) is 11.0 Å². The van der Waals surface area contributed by atoms with Crippen molar-refractivity contribution in [3.63, 3.8) is 0 Å². The van der Waals surface area contributed by atoms with Crippen LogP contribution in [0.25, 0.3) is 82.5 Å². The van der Waals surface area contributed by atoms with Crippen LogP contribution in [0, 0.1) is 17.8 Å². The highest BCUT2D eigenvalue weighted by Crippen LogP contribution is 2.60. The molecule has 0 saturated heterocycles. The monoisotopic (exact) mass is 862 g/mol. The minimum atomic E-state index is 0.129. The first kappa shape index (κ1) is 38.6. The Bertz CT molecular complexity index is 3770. The molecule has 2 unspecified atom stereocenters. The Morgan fingerprint density at radius 1 is 0.537 bits per heavy atom. The van der Waals surface area contributed by atoms with Crippen molar-refractivity contribution in [3.05, 3.63) is 217 Å². The average molecular weight is 863 g/mol. The fraction of sp³-hybridized carbons (Fsp3) is 0.156. The molecule has 67 heavy (non-hydrogen) atoms. The summed E-state index contributed by atoms with van der Waals surface area (Å²) in [6, 6.07) is 74.0. The van der Waals surface area contributed by atoms with E-state index in [0.29, 0.717) is 0 Å². The number of hydrogen-bond donors (Lipinski definition) is 0. The summed E-state index contributed by atoms with van der Waals surface area (Å²) >= 11 is 0. The SMILES string of the molecule is C[C@H]1CC2CCC3=C[C@@H]2CC3(c2cccc(N(c3ccc(-c4cccc(-n5c6ccccc6c6cc7ccccc7cc65)c4)cc3)c3ccc(-c4cccc5c4oc4ccccc45)cc3)c2)C1. The molecule has 1 fully saturated rings. The summed E-state index contributed by atoms with van der Waals surface area (Å²) < 4.78 is 8.93. The van der Waals surface area contributed by atoms with E-state index in [9.17, 15) is 0 Å². The molecule has 3 aliphatic carbocycles. The lowest BCUT2D eigenvalue weighted by atomic mass is 9.67. The van der Waals surface area contributed by atoms with Crippen LogP contribution >= 0.6 is 0 Å². The van der Waals surface area contributed by atoms with E-state index in [-0.39, 0.29) is 5.41 Å². The van der Waals surface area contributed by atoms with Gasteiger partial charge in [-0.3, -0.25) is 0 Å². The van der Waals surface area contributed by atoms with Gasteiger partial charge in [-0.2, -0.15) is 0 Å². The largest absolute Gasteiger partial charge is 0.455 e. The standard InChI is InChI=1S/C64H50N2O/c1-41-33-47-23-28-50-34-48(47)40-64(50,39-41)49-14-9-16-54(38-49)65(52-31-26-43(27-32-52)55-19-10-20-58-57-18-5-7-22-62(57)67-63(55)58)51-29-24-42(25-30-51)44-13-8-15-53(35-44)66-60-21-6-4-17-56(60)59-36-45-11-2-3-12-46(45)37-61(59)66/h2-22,24-27,29-32,34-38,41,47-48H,23,28,33,39-40H2,1H3/t41-,47?,48+,64?/m0/s1. The third-order valence-electron chi connectivity index (χ3n) is 16.0. The second-order valence-corrected chi connectivity index (χ2v) is 19.9. The molecule has 9 aromatic carbocycles. The quantitative estimate of drug-likeness (QED) is 0.149. The maximum absolute atomic E-state index is 6.50. The minimum Gasteiger partial charge on any atom is -0.455 e. The van der Waals surface area contributed by atoms with E-state index in [1.165, 1.54) is 87.1 Å². The lowest BCUT2D eigenvalue weighted by molar-refractivity contribution is 0.301. The maximum atomic E-state index is 6.50. The second kappa shape index (κ2) is 15.0. The summed E-state index contributed by atoms with van der Waals surface area (Å²) in [6.07, 6.45) is 9.17. The first-order valence-corrected chi connectivity index (χ1v) is 24.3. The number of furan rings is 1. The number of anilines is 3. The van der Waals surface area contributed by atoms with Gasteiger partial charge in [-0.05, 0) is 156 Å². The second-order valence-electron chi connectivity index (χ2n) is 19.9. The van der Waals surface area contributed by atoms with Crippen LogP contribution in [0.4, 0.5) is 17.1 Å². The van der Waals surface area contributed by atoms with Crippen LogP contribution in [-0.2, 0) is 5.41 Å². The molecular formula is C64H50N2O. The van der Waals surface area contributed by atoms with E-state index in [0.717, 1.165) is 67.9 Å². The molecule has 0 amide bonds. The summed E-state index contributed by atoms with van der Waals surface area (Å²) in [4.78, 5) is 2.46. The van der Waals surface area contributed by atoms with Crippen molar-refractivity contribution in [3.8, 4) is 27.9 Å². The number of rotatable bonds is 7. The van der Waals surface area contributed by atoms with Crippen molar-refractivity contribution in [2.24, 2.45) is 17.8 Å². The van der Waals surface area contributed by atoms with Gasteiger partial charge in [-0.15, -0.1) is 0 Å². The molecule has 1 saturated carbocycles. The molecule has 0 aliphatic heterocycles. The summed E-state index contributed by atoms with van der Waals surface area (Å²) in [5.41, 5.74) is 16.8. The molecule has 0 N–H and O–H groups in total. The van der Waals surface area contributed by atoms with E-state index in [1.54, 1.807) is 5.57 Å². The summed E-state index contributed by atoms with van der Waals surface area (Å²) in [5, 5.41) is 7.36. The molecule has 3 bridgehead atoms. The highest BCUT2D eigenvalue weighted by atomic mass is 16.3. The van der Waals surface area contributed by atoms with Crippen molar-refractivity contribution in [2.75, 3.05) is 4.90 Å². The zero-order valence-corrected chi connectivity index (χ0v) is 37.7. The maximum Gasteiger partial charge on any atom is 0.143 e. The Morgan fingerprint density at radius 2 is 1.25 bits per heavy atom. The third-order valence-corrected chi connectivity index (χ3v) is 16.0. The predicted octanol–water partition coefficient (Wildman–Crippen LogP) is 17.7. The number of para-hydroxylation sites is 3. The van der Waals surface area contributed by atoms with Crippen LogP contribution in [0.5, 0.6) is 0 Å². The number of benzene rings is 9. The van der Waals surface area contributed by atoms with E-state index < -0.39 is 0 Å². The van der Waals surface area contributed by atoms with Crippen molar-refractivity contribution in [2.45, 2.75) is 44.4 Å². The molecule has 3 aliphatic rings. The van der Waals surface area contributed by atoms with Gasteiger partial charge in [0.15, 0.2) is 0 Å². The van der Waals surface area contributed by atoms with Gasteiger partial charge in [0.1, 0.15) is 11.2 Å². The van der Waals surface area contributed by atoms with E-state index in [4.69, 9.17) is 4.42 Å². The highest BCUT2D eigenvalue weighted by Gasteiger charge is 2.50. The number of aromatic nitrogens is 1. The Hall–Kier alpha value is -7.62. The molecule has 2 heterocycles. The number of nitrogens with zero attached hydrogens (tertiary/aromatic N) is 2. The Labute approximate surface area is 391 Å². The van der Waals surface area contributed by atoms with Gasteiger partial charge in [-0.1, -0.05) is 146 Å². The van der Waals surface area contributed by atoms with E-state index in [1.807, 2.05) is 6.07 Å². The first-order chi connectivity index (χ1) is 33.0. The predicted molar refractivity (Wildman–Crippen MR) is 280 cm³/mol. The van der Waals surface area contributed by atoms with Gasteiger partial charge >= 0.3 is 0 Å². The normalized spacial score (nSPS) is 20.0. The third kappa shape index (κ3) is 6.10. The zero-order valence-electron chi connectivity index (χ0n) is 37.7. The molecule has 0 radical (unpaired) electrons. The van der Waals surface area contributed by atoms with E-state index >= 15 is 0 Å². The fourth-order valence-electron chi connectivity index (χ4n) is 13.0. The summed E-state index contributed by atoms with van der Waals surface area (Å²) in [5.74, 6) is 2.29. The van der Waals surface area contributed by atoms with Crippen LogP contribution in [0.1, 0.15) is 44.6 Å². The van der Waals surface area contributed by atoms with Crippen LogP contribution < -0.4 is 4.90 Å². The van der Waals surface area contributed by atoms with Crippen LogP contribution in [0.15, 0.2) is 216 Å². The van der Waals surface area contributed by atoms with Gasteiger partial charge in [0.2, 0.25) is 0 Å². The number of allylic oxidation sites excluding steroid dienone is 2. The van der Waals surface area contributed by atoms with Gasteiger partial charge in [0.25, 0.3) is 0 Å². The topological polar surface area (TPSA) is 21.3 Å². The van der Waals surface area contributed by atoms with Gasteiger partial charge < -0.3 is 13.9 Å². The molecule has 3 nitrogen and oxygen atoms in total. The fourth-order valence-corrected chi connectivity index (χ4v) is 13.0. The molecule has 4 atom stereocenters. The zero-order chi connectivity index (χ0) is 44.2. The first-order valence-electron chi connectivity index (χ1n) is 24.3. The van der Waals surface area contributed by atoms with Crippen molar-refractivity contribution in [1.82, 2.24) is 4.57 Å². The minimum absolute atomic E-state index is 0.129. The average Bonchev–Trinajstić information content (AvgIpc) is 3.98. The highest BCUT2D eigenvalue weighted by molar-refractivity contribution is 6.14. The Balaban J connectivity index is 0.868. The molecule has 2 aromatic heterocycles. The van der Waals surface area contributed by atoms with Crippen LogP contribution in [-0.4, -0.2) is 4.57 Å². The van der Waals surface area contributed by atoms with Crippen molar-refractivity contribution in [1.29, 1.82) is 0 Å². The van der Waals surface area contributed by atoms with Gasteiger partial charge in [0, 0.05) is 55.3 Å². The molecular weight excluding hydrogens is 813 g/mol. The molecule has 3 heteroatoms. The lowest BCUT2D eigenvalue weighted by Gasteiger charge is -2.38. The lowest BCUT2D eigenvalue weighted by Crippen LogP contribution is -2.29. The smallest absolute Gasteiger partial charge is 0.143 e. The van der Waals surface area contributed by atoms with Crippen LogP contribution in [0.2, 0.25) is 0 Å². The van der Waals surface area contributed by atoms with Gasteiger partial charge in [-0.25, -0.2) is 0 Å². The Morgan fingerprint density at radius 3 is 2.10 bits per heavy atom. The molecule has 11 aromatic rings. The summed E-state index contributed by atoms with van der Waals surface area (Å²) in [7, 11) is 0. The van der Waals surface area contributed by atoms with Crippen LogP contribution in [0.3, 0.4) is 0 Å². The molecule has 0 spiro atoms. The summed E-state index contributed by atoms with van der Waals surface area (Å²) in [6.45, 7) is 2.50. The molecule has 322 valence electrons. The van der Waals surface area contributed by atoms with Crippen molar-refractivity contribution >= 4 is 71.6 Å². The van der Waals surface area contributed by atoms with E-state index in [2.05, 4.69) is 217 Å². The number of fused-ring (bicyclic) bond motifs is 9. The van der Waals surface area contributed by atoms with Crippen molar-refractivity contribution < 1.29 is 4.42 Å².